The number of hydrogen-bond acceptors (Lipinski definition) is 1. The number of hydrogen-bond donors (Lipinski definition) is 1. The van der Waals surface area contributed by atoms with E-state index in [-0.39, 0.29) is 11.9 Å². The van der Waals surface area contributed by atoms with Gasteiger partial charge in [0.1, 0.15) is 5.82 Å². The molecule has 0 saturated heterocycles. The van der Waals surface area contributed by atoms with Gasteiger partial charge >= 0.3 is 0 Å². The Bertz CT molecular complexity index is 583. The second-order valence-electron chi connectivity index (χ2n) is 4.95. The molecule has 2 aromatic rings. The lowest BCUT2D eigenvalue weighted by molar-refractivity contribution is 0.585. The third-order valence-corrected chi connectivity index (χ3v) is 4.19. The van der Waals surface area contributed by atoms with E-state index >= 15 is 0 Å². The molecule has 0 radical (unpaired) electrons. The van der Waals surface area contributed by atoms with E-state index in [1.807, 2.05) is 12.1 Å². The molecule has 106 valence electrons. The Balaban J connectivity index is 2.38. The van der Waals surface area contributed by atoms with E-state index in [9.17, 15) is 4.39 Å². The summed E-state index contributed by atoms with van der Waals surface area (Å²) in [4.78, 5) is 0. The average Bonchev–Trinajstić information content (AvgIpc) is 2.43. The van der Waals surface area contributed by atoms with Crippen LogP contribution < -0.4 is 5.32 Å². The molecule has 2 rings (SSSR count). The van der Waals surface area contributed by atoms with Crippen molar-refractivity contribution in [2.45, 2.75) is 26.3 Å². The zero-order valence-corrected chi connectivity index (χ0v) is 13.4. The van der Waals surface area contributed by atoms with Crippen LogP contribution >= 0.6 is 15.9 Å². The molecule has 0 spiro atoms. The average molecular weight is 336 g/mol. The molecule has 0 bridgehead atoms. The Morgan fingerprint density at radius 2 is 1.90 bits per heavy atom. The normalized spacial score (nSPS) is 12.4. The van der Waals surface area contributed by atoms with Crippen molar-refractivity contribution < 1.29 is 4.39 Å². The molecule has 0 saturated carbocycles. The molecule has 0 aliphatic heterocycles. The summed E-state index contributed by atoms with van der Waals surface area (Å²) in [5, 5.41) is 3.49. The number of halogens is 2. The van der Waals surface area contributed by atoms with E-state index < -0.39 is 0 Å². The predicted octanol–water partition coefficient (Wildman–Crippen LogP) is 4.99. The highest BCUT2D eigenvalue weighted by molar-refractivity contribution is 9.10. The topological polar surface area (TPSA) is 12.0 Å². The van der Waals surface area contributed by atoms with Gasteiger partial charge in [0.15, 0.2) is 0 Å². The van der Waals surface area contributed by atoms with Gasteiger partial charge in [-0.1, -0.05) is 47.1 Å². The van der Waals surface area contributed by atoms with Gasteiger partial charge in [-0.15, -0.1) is 0 Å². The fourth-order valence-corrected chi connectivity index (χ4v) is 2.50. The predicted molar refractivity (Wildman–Crippen MR) is 85.4 cm³/mol. The molecule has 0 heterocycles. The number of rotatable bonds is 5. The van der Waals surface area contributed by atoms with E-state index in [4.69, 9.17) is 0 Å². The fraction of sp³-hybridized carbons (Fsp3) is 0.294. The molecular weight excluding hydrogens is 317 g/mol. The van der Waals surface area contributed by atoms with Crippen molar-refractivity contribution >= 4 is 15.9 Å². The Labute approximate surface area is 128 Å². The SMILES string of the molecule is CCCNC(c1cccc(F)c1)c1ccc(Br)c(C)c1. The summed E-state index contributed by atoms with van der Waals surface area (Å²) in [5.74, 6) is -0.195. The lowest BCUT2D eigenvalue weighted by Gasteiger charge is -2.20. The molecule has 3 heteroatoms. The first kappa shape index (κ1) is 15.2. The van der Waals surface area contributed by atoms with E-state index in [0.29, 0.717) is 0 Å². The van der Waals surface area contributed by atoms with E-state index in [1.54, 1.807) is 12.1 Å². The molecule has 2 aromatic carbocycles. The van der Waals surface area contributed by atoms with Crippen LogP contribution in [0.4, 0.5) is 4.39 Å². The minimum atomic E-state index is -0.195. The van der Waals surface area contributed by atoms with Crippen molar-refractivity contribution in [3.8, 4) is 0 Å². The standard InChI is InChI=1S/C17H19BrFN/c1-3-9-20-17(13-5-4-6-15(19)11-13)14-7-8-16(18)12(2)10-14/h4-8,10-11,17,20H,3,9H2,1-2H3. The Morgan fingerprint density at radius 1 is 1.15 bits per heavy atom. The summed E-state index contributed by atoms with van der Waals surface area (Å²) in [6.45, 7) is 5.09. The molecular formula is C17H19BrFN. The first-order chi connectivity index (χ1) is 9.61. The summed E-state index contributed by atoms with van der Waals surface area (Å²) >= 11 is 3.52. The zero-order valence-electron chi connectivity index (χ0n) is 11.8. The summed E-state index contributed by atoms with van der Waals surface area (Å²) in [7, 11) is 0. The molecule has 0 aromatic heterocycles. The molecule has 0 aliphatic rings. The highest BCUT2D eigenvalue weighted by Gasteiger charge is 2.14. The van der Waals surface area contributed by atoms with Crippen LogP contribution in [0.3, 0.4) is 0 Å². The molecule has 0 amide bonds. The van der Waals surface area contributed by atoms with Crippen LogP contribution in [-0.4, -0.2) is 6.54 Å². The van der Waals surface area contributed by atoms with Crippen LogP contribution in [0.1, 0.15) is 36.1 Å². The minimum absolute atomic E-state index is 0.0254. The summed E-state index contributed by atoms with van der Waals surface area (Å²) < 4.78 is 14.6. The van der Waals surface area contributed by atoms with Crippen LogP contribution in [0, 0.1) is 12.7 Å². The Hall–Kier alpha value is -1.19. The highest BCUT2D eigenvalue weighted by Crippen LogP contribution is 2.26. The van der Waals surface area contributed by atoms with Crippen molar-refractivity contribution in [2.24, 2.45) is 0 Å². The summed E-state index contributed by atoms with van der Waals surface area (Å²) in [5.41, 5.74) is 3.30. The van der Waals surface area contributed by atoms with E-state index in [2.05, 4.69) is 47.2 Å². The maximum Gasteiger partial charge on any atom is 0.123 e. The quantitative estimate of drug-likeness (QED) is 0.811. The van der Waals surface area contributed by atoms with Crippen LogP contribution in [0.25, 0.3) is 0 Å². The van der Waals surface area contributed by atoms with Crippen LogP contribution in [0.5, 0.6) is 0 Å². The zero-order chi connectivity index (χ0) is 14.5. The minimum Gasteiger partial charge on any atom is -0.306 e. The Kier molecular flexibility index (Phi) is 5.32. The van der Waals surface area contributed by atoms with Gasteiger partial charge in [0.05, 0.1) is 6.04 Å². The highest BCUT2D eigenvalue weighted by atomic mass is 79.9. The first-order valence-corrected chi connectivity index (χ1v) is 7.66. The lowest BCUT2D eigenvalue weighted by Crippen LogP contribution is -2.23. The third-order valence-electron chi connectivity index (χ3n) is 3.30. The van der Waals surface area contributed by atoms with Gasteiger partial charge in [-0.05, 0) is 54.8 Å². The third kappa shape index (κ3) is 3.68. The first-order valence-electron chi connectivity index (χ1n) is 6.86. The maximum absolute atomic E-state index is 13.5. The van der Waals surface area contributed by atoms with Crippen LogP contribution in [-0.2, 0) is 0 Å². The molecule has 1 nitrogen and oxygen atoms in total. The van der Waals surface area contributed by atoms with Crippen molar-refractivity contribution in [2.75, 3.05) is 6.54 Å². The van der Waals surface area contributed by atoms with Gasteiger partial charge in [0.25, 0.3) is 0 Å². The largest absolute Gasteiger partial charge is 0.306 e. The van der Waals surface area contributed by atoms with Crippen molar-refractivity contribution in [1.29, 1.82) is 0 Å². The van der Waals surface area contributed by atoms with Gasteiger partial charge in [0.2, 0.25) is 0 Å². The van der Waals surface area contributed by atoms with E-state index in [0.717, 1.165) is 28.6 Å². The smallest absolute Gasteiger partial charge is 0.123 e. The second kappa shape index (κ2) is 7.00. The van der Waals surface area contributed by atoms with Crippen LogP contribution in [0.15, 0.2) is 46.9 Å². The monoisotopic (exact) mass is 335 g/mol. The summed E-state index contributed by atoms with van der Waals surface area (Å²) in [6.07, 6.45) is 1.04. The van der Waals surface area contributed by atoms with Gasteiger partial charge < -0.3 is 5.32 Å². The second-order valence-corrected chi connectivity index (χ2v) is 5.81. The lowest BCUT2D eigenvalue weighted by atomic mass is 9.97. The number of nitrogens with one attached hydrogen (secondary N) is 1. The van der Waals surface area contributed by atoms with Crippen molar-refractivity contribution in [3.63, 3.8) is 0 Å². The van der Waals surface area contributed by atoms with E-state index in [1.165, 1.54) is 11.6 Å². The van der Waals surface area contributed by atoms with Gasteiger partial charge in [-0.3, -0.25) is 0 Å². The van der Waals surface area contributed by atoms with Gasteiger partial charge in [-0.25, -0.2) is 4.39 Å². The van der Waals surface area contributed by atoms with Crippen molar-refractivity contribution in [3.05, 3.63) is 69.4 Å². The number of aryl methyl sites for hydroxylation is 1. The fourth-order valence-electron chi connectivity index (χ4n) is 2.25. The molecule has 1 N–H and O–H groups in total. The maximum atomic E-state index is 13.5. The molecule has 1 atom stereocenters. The van der Waals surface area contributed by atoms with Gasteiger partial charge in [-0.2, -0.15) is 0 Å². The van der Waals surface area contributed by atoms with Crippen molar-refractivity contribution in [1.82, 2.24) is 5.32 Å². The Morgan fingerprint density at radius 3 is 2.55 bits per heavy atom. The summed E-state index contributed by atoms with van der Waals surface area (Å²) in [6, 6.07) is 13.1. The van der Waals surface area contributed by atoms with Gasteiger partial charge in [0, 0.05) is 4.47 Å². The molecule has 20 heavy (non-hydrogen) atoms. The molecule has 0 aliphatic carbocycles. The number of benzene rings is 2. The molecule has 1 unspecified atom stereocenters. The van der Waals surface area contributed by atoms with Crippen LogP contribution in [0.2, 0.25) is 0 Å². The molecule has 0 fully saturated rings.